The number of carbonyl (C=O) groups is 6. The summed E-state index contributed by atoms with van der Waals surface area (Å²) >= 11 is 0. The molecule has 4 amide bonds. The first-order valence-corrected chi connectivity index (χ1v) is 10.7. The molecule has 3 N–H and O–H groups in total. The number of fused-ring (bicyclic) bond motifs is 1. The quantitative estimate of drug-likeness (QED) is 0.461. The number of aliphatic carboxylic acids is 1. The van der Waals surface area contributed by atoms with E-state index in [1.54, 1.807) is 54.6 Å². The van der Waals surface area contributed by atoms with Crippen molar-refractivity contribution >= 4 is 47.3 Å². The summed E-state index contributed by atoms with van der Waals surface area (Å²) in [5.41, 5.74) is 0.915. The maximum Gasteiger partial charge on any atom is 0.305 e. The van der Waals surface area contributed by atoms with Gasteiger partial charge in [0.1, 0.15) is 18.9 Å². The van der Waals surface area contributed by atoms with Gasteiger partial charge < -0.3 is 25.4 Å². The molecule has 2 atom stereocenters. The van der Waals surface area contributed by atoms with Crippen LogP contribution in [0.1, 0.15) is 23.7 Å². The lowest BCUT2D eigenvalue weighted by molar-refractivity contribution is -0.139. The summed E-state index contributed by atoms with van der Waals surface area (Å²) in [6.07, 6.45) is -0.321. The van der Waals surface area contributed by atoms with Gasteiger partial charge in [0.25, 0.3) is 11.8 Å². The number of para-hydroxylation sites is 2. The number of anilines is 2. The molecule has 3 rings (SSSR count). The predicted octanol–water partition coefficient (Wildman–Crippen LogP) is 0.343. The summed E-state index contributed by atoms with van der Waals surface area (Å²) < 4.78 is 0. The van der Waals surface area contributed by atoms with Crippen molar-refractivity contribution in [3.63, 3.8) is 0 Å². The average molecular weight is 480 g/mol. The largest absolute Gasteiger partial charge is 0.481 e. The molecule has 1 unspecified atom stereocenters. The third-order valence-electron chi connectivity index (χ3n) is 5.32. The number of hydrogen-bond donors (Lipinski definition) is 3. The molecular formula is C24H24N4O7. The second-order valence-electron chi connectivity index (χ2n) is 7.84. The first kappa shape index (κ1) is 25.1. The van der Waals surface area contributed by atoms with Gasteiger partial charge in [-0.15, -0.1) is 0 Å². The van der Waals surface area contributed by atoms with Crippen LogP contribution in [0.15, 0.2) is 54.6 Å². The Bertz CT molecular complexity index is 1150. The number of hydrogen-bond acceptors (Lipinski definition) is 6. The van der Waals surface area contributed by atoms with Gasteiger partial charge in [-0.05, 0) is 24.3 Å². The topological polar surface area (TPSA) is 153 Å². The Hall–Kier alpha value is -4.54. The molecule has 2 aromatic rings. The SMILES string of the molecule is CC(=O)N1CC(NC(=O)c2ccccc2)C(=O)N(CC(=O)N[C@H](C=O)CC(=O)O)c2ccccc21. The first-order valence-electron chi connectivity index (χ1n) is 10.7. The fourth-order valence-corrected chi connectivity index (χ4v) is 3.70. The van der Waals surface area contributed by atoms with Gasteiger partial charge >= 0.3 is 5.97 Å². The highest BCUT2D eigenvalue weighted by molar-refractivity contribution is 6.10. The molecule has 1 aliphatic heterocycles. The van der Waals surface area contributed by atoms with E-state index in [2.05, 4.69) is 10.6 Å². The van der Waals surface area contributed by atoms with Gasteiger partial charge in [0, 0.05) is 12.5 Å². The van der Waals surface area contributed by atoms with E-state index in [4.69, 9.17) is 5.11 Å². The Morgan fingerprint density at radius 3 is 2.29 bits per heavy atom. The van der Waals surface area contributed by atoms with Crippen LogP contribution in [0.2, 0.25) is 0 Å². The van der Waals surface area contributed by atoms with E-state index in [0.717, 1.165) is 4.90 Å². The molecule has 182 valence electrons. The zero-order chi connectivity index (χ0) is 25.5. The first-order chi connectivity index (χ1) is 16.7. The lowest BCUT2D eigenvalue weighted by Crippen LogP contribution is -2.54. The smallest absolute Gasteiger partial charge is 0.305 e. The van der Waals surface area contributed by atoms with Crippen LogP contribution in [0.3, 0.4) is 0 Å². The van der Waals surface area contributed by atoms with Crippen LogP contribution in [0.25, 0.3) is 0 Å². The van der Waals surface area contributed by atoms with E-state index >= 15 is 0 Å². The molecule has 35 heavy (non-hydrogen) atoms. The number of carboxylic acids is 1. The zero-order valence-corrected chi connectivity index (χ0v) is 18.8. The van der Waals surface area contributed by atoms with Crippen LogP contribution < -0.4 is 20.4 Å². The molecule has 0 spiro atoms. The molecule has 2 aromatic carbocycles. The van der Waals surface area contributed by atoms with Gasteiger partial charge in [-0.1, -0.05) is 30.3 Å². The van der Waals surface area contributed by atoms with Crippen molar-refractivity contribution in [1.29, 1.82) is 0 Å². The molecule has 11 nitrogen and oxygen atoms in total. The van der Waals surface area contributed by atoms with Gasteiger partial charge in [0.2, 0.25) is 11.8 Å². The summed E-state index contributed by atoms with van der Waals surface area (Å²) in [4.78, 5) is 75.9. The maximum absolute atomic E-state index is 13.5. The third kappa shape index (κ3) is 6.08. The Morgan fingerprint density at radius 2 is 1.69 bits per heavy atom. The van der Waals surface area contributed by atoms with Crippen LogP contribution in [-0.4, -0.2) is 66.2 Å². The number of nitrogens with zero attached hydrogens (tertiary/aromatic N) is 2. The van der Waals surface area contributed by atoms with Crippen LogP contribution in [-0.2, 0) is 24.0 Å². The second kappa shape index (κ2) is 11.1. The van der Waals surface area contributed by atoms with E-state index in [1.807, 2.05) is 0 Å². The third-order valence-corrected chi connectivity index (χ3v) is 5.32. The number of aldehydes is 1. The minimum Gasteiger partial charge on any atom is -0.481 e. The number of amides is 4. The summed E-state index contributed by atoms with van der Waals surface area (Å²) in [6, 6.07) is 12.2. The fraction of sp³-hybridized carbons (Fsp3) is 0.250. The van der Waals surface area contributed by atoms with Gasteiger partial charge in [0.05, 0.1) is 30.4 Å². The number of nitrogens with one attached hydrogen (secondary N) is 2. The van der Waals surface area contributed by atoms with Gasteiger partial charge in [0.15, 0.2) is 0 Å². The molecule has 0 aliphatic carbocycles. The Morgan fingerprint density at radius 1 is 1.06 bits per heavy atom. The minimum absolute atomic E-state index is 0.169. The fourth-order valence-electron chi connectivity index (χ4n) is 3.70. The average Bonchev–Trinajstić information content (AvgIpc) is 2.94. The number of benzene rings is 2. The molecule has 1 aliphatic rings. The molecular weight excluding hydrogens is 456 g/mol. The van der Waals surface area contributed by atoms with Crippen molar-refractivity contribution in [2.24, 2.45) is 0 Å². The maximum atomic E-state index is 13.5. The summed E-state index contributed by atoms with van der Waals surface area (Å²) in [7, 11) is 0. The summed E-state index contributed by atoms with van der Waals surface area (Å²) in [5, 5.41) is 13.8. The van der Waals surface area contributed by atoms with Gasteiger partial charge in [-0.3, -0.25) is 28.9 Å². The lowest BCUT2D eigenvalue weighted by atomic mass is 10.1. The predicted molar refractivity (Wildman–Crippen MR) is 125 cm³/mol. The highest BCUT2D eigenvalue weighted by Crippen LogP contribution is 2.32. The van der Waals surface area contributed by atoms with Crippen molar-refractivity contribution in [3.8, 4) is 0 Å². The summed E-state index contributed by atoms with van der Waals surface area (Å²) in [5.74, 6) is -3.62. The van der Waals surface area contributed by atoms with Crippen LogP contribution in [0.4, 0.5) is 11.4 Å². The summed E-state index contributed by atoms with van der Waals surface area (Å²) in [6.45, 7) is 0.585. The zero-order valence-electron chi connectivity index (χ0n) is 18.8. The van der Waals surface area contributed by atoms with Crippen molar-refractivity contribution in [2.75, 3.05) is 22.9 Å². The Kier molecular flexibility index (Phi) is 7.92. The van der Waals surface area contributed by atoms with Crippen molar-refractivity contribution < 1.29 is 33.9 Å². The molecule has 0 fully saturated rings. The van der Waals surface area contributed by atoms with Crippen molar-refractivity contribution in [3.05, 3.63) is 60.2 Å². The van der Waals surface area contributed by atoms with Crippen LogP contribution >= 0.6 is 0 Å². The molecule has 11 heteroatoms. The number of carboxylic acid groups (broad SMARTS) is 1. The molecule has 0 bridgehead atoms. The second-order valence-corrected chi connectivity index (χ2v) is 7.84. The monoisotopic (exact) mass is 480 g/mol. The van der Waals surface area contributed by atoms with E-state index in [-0.39, 0.29) is 18.1 Å². The lowest BCUT2D eigenvalue weighted by Gasteiger charge is -2.25. The molecule has 0 aromatic heterocycles. The van der Waals surface area contributed by atoms with Crippen LogP contribution in [0.5, 0.6) is 0 Å². The number of rotatable bonds is 8. The highest BCUT2D eigenvalue weighted by atomic mass is 16.4. The standard InChI is InChI=1S/C24H24N4O7/c1-15(30)27-12-18(26-23(34)16-7-3-2-4-8-16)24(35)28(20-10-6-5-9-19(20)27)13-21(31)25-17(14-29)11-22(32)33/h2-10,14,17-18H,11-13H2,1H3,(H,25,31)(H,26,34)(H,32,33)/t17-,18?/m0/s1. The molecule has 1 heterocycles. The molecule has 0 saturated carbocycles. The van der Waals surface area contributed by atoms with Gasteiger partial charge in [-0.25, -0.2) is 0 Å². The van der Waals surface area contributed by atoms with Crippen molar-refractivity contribution in [2.45, 2.75) is 25.4 Å². The van der Waals surface area contributed by atoms with E-state index < -0.39 is 48.7 Å². The molecule has 0 saturated heterocycles. The Labute approximate surface area is 200 Å². The Balaban J connectivity index is 1.93. The minimum atomic E-state index is -1.28. The van der Waals surface area contributed by atoms with E-state index in [1.165, 1.54) is 11.8 Å². The molecule has 0 radical (unpaired) electrons. The van der Waals surface area contributed by atoms with E-state index in [0.29, 0.717) is 17.5 Å². The van der Waals surface area contributed by atoms with Crippen LogP contribution in [0, 0.1) is 0 Å². The van der Waals surface area contributed by atoms with Crippen molar-refractivity contribution in [1.82, 2.24) is 10.6 Å². The normalized spacial score (nSPS) is 15.9. The van der Waals surface area contributed by atoms with E-state index in [9.17, 15) is 28.8 Å². The number of carbonyl (C=O) groups excluding carboxylic acids is 5. The van der Waals surface area contributed by atoms with Gasteiger partial charge in [-0.2, -0.15) is 0 Å². The highest BCUT2D eigenvalue weighted by Gasteiger charge is 2.37.